The van der Waals surface area contributed by atoms with Crippen molar-refractivity contribution < 1.29 is 18.8 Å². The summed E-state index contributed by atoms with van der Waals surface area (Å²) in [4.78, 5) is 34.3. The van der Waals surface area contributed by atoms with Crippen LogP contribution in [0.4, 0.5) is 5.82 Å². The molecule has 3 heterocycles. The molecular formula is C22H23N5O4. The first kappa shape index (κ1) is 20.5. The number of carbonyl (C=O) groups excluding carboxylic acids is 2. The molecule has 0 spiro atoms. The van der Waals surface area contributed by atoms with Crippen LogP contribution in [0.25, 0.3) is 11.5 Å². The summed E-state index contributed by atoms with van der Waals surface area (Å²) < 4.78 is 10.7. The highest BCUT2D eigenvalue weighted by atomic mass is 16.5. The number of anilines is 1. The Morgan fingerprint density at radius 3 is 2.55 bits per heavy atom. The number of hydrogen-bond acceptors (Lipinski definition) is 8. The van der Waals surface area contributed by atoms with Gasteiger partial charge < -0.3 is 19.9 Å². The van der Waals surface area contributed by atoms with Gasteiger partial charge >= 0.3 is 5.97 Å². The largest absolute Gasteiger partial charge is 0.457 e. The van der Waals surface area contributed by atoms with Gasteiger partial charge in [-0.05, 0) is 44.0 Å². The Hall–Kier alpha value is -3.75. The summed E-state index contributed by atoms with van der Waals surface area (Å²) >= 11 is 0. The molecule has 0 bridgehead atoms. The van der Waals surface area contributed by atoms with Crippen molar-refractivity contribution in [1.82, 2.24) is 15.1 Å². The number of benzene rings is 1. The molecule has 0 radical (unpaired) electrons. The number of aryl methyl sites for hydroxylation is 1. The van der Waals surface area contributed by atoms with E-state index >= 15 is 0 Å². The van der Waals surface area contributed by atoms with Gasteiger partial charge in [-0.3, -0.25) is 9.59 Å². The van der Waals surface area contributed by atoms with Gasteiger partial charge in [-0.25, -0.2) is 4.98 Å². The number of amides is 1. The van der Waals surface area contributed by atoms with Crippen molar-refractivity contribution in [1.29, 1.82) is 0 Å². The lowest BCUT2D eigenvalue weighted by molar-refractivity contribution is -0.150. The van der Waals surface area contributed by atoms with E-state index < -0.39 is 5.91 Å². The van der Waals surface area contributed by atoms with Crippen LogP contribution >= 0.6 is 0 Å². The maximum atomic E-state index is 12.5. The number of nitrogens with two attached hydrogens (primary N) is 1. The highest BCUT2D eigenvalue weighted by molar-refractivity contribution is 5.92. The molecule has 9 nitrogen and oxygen atoms in total. The van der Waals surface area contributed by atoms with Crippen LogP contribution in [0.3, 0.4) is 0 Å². The molecule has 9 heteroatoms. The molecule has 0 atom stereocenters. The van der Waals surface area contributed by atoms with E-state index in [1.807, 2.05) is 31.2 Å². The van der Waals surface area contributed by atoms with E-state index in [0.29, 0.717) is 43.2 Å². The molecule has 1 aliphatic heterocycles. The van der Waals surface area contributed by atoms with Gasteiger partial charge in [0.1, 0.15) is 5.82 Å². The zero-order valence-electron chi connectivity index (χ0n) is 17.2. The maximum absolute atomic E-state index is 12.5. The second-order valence-corrected chi connectivity index (χ2v) is 7.52. The zero-order chi connectivity index (χ0) is 21.8. The zero-order valence-corrected chi connectivity index (χ0v) is 17.2. The van der Waals surface area contributed by atoms with Crippen LogP contribution in [0.2, 0.25) is 0 Å². The predicted molar refractivity (Wildman–Crippen MR) is 112 cm³/mol. The molecule has 4 rings (SSSR count). The topological polar surface area (TPSA) is 124 Å². The molecule has 1 saturated heterocycles. The van der Waals surface area contributed by atoms with E-state index in [4.69, 9.17) is 15.0 Å². The number of aromatic nitrogens is 3. The number of nitrogens with zero attached hydrogens (tertiary/aromatic N) is 4. The number of primary amides is 1. The molecule has 160 valence electrons. The third kappa shape index (κ3) is 4.88. The first-order chi connectivity index (χ1) is 15.0. The van der Waals surface area contributed by atoms with Crippen molar-refractivity contribution in [2.75, 3.05) is 18.0 Å². The van der Waals surface area contributed by atoms with Gasteiger partial charge in [-0.15, -0.1) is 0 Å². The lowest BCUT2D eigenvalue weighted by Crippen LogP contribution is -2.37. The Kier molecular flexibility index (Phi) is 5.92. The number of carbonyl (C=O) groups is 2. The minimum Gasteiger partial charge on any atom is -0.457 e. The van der Waals surface area contributed by atoms with Gasteiger partial charge in [-0.1, -0.05) is 22.9 Å². The summed E-state index contributed by atoms with van der Waals surface area (Å²) in [5, 5.41) is 3.89. The molecule has 3 aromatic rings. The highest BCUT2D eigenvalue weighted by Gasteiger charge is 2.27. The minimum atomic E-state index is -0.506. The van der Waals surface area contributed by atoms with Gasteiger partial charge in [0.2, 0.25) is 11.7 Å². The second-order valence-electron chi connectivity index (χ2n) is 7.52. The fourth-order valence-electron chi connectivity index (χ4n) is 3.44. The Balaban J connectivity index is 1.27. The maximum Gasteiger partial charge on any atom is 0.309 e. The fraction of sp³-hybridized carbons (Fsp3) is 0.318. The van der Waals surface area contributed by atoms with Crippen molar-refractivity contribution in [2.45, 2.75) is 26.4 Å². The van der Waals surface area contributed by atoms with Crippen LogP contribution in [0.1, 0.15) is 34.6 Å². The van der Waals surface area contributed by atoms with E-state index in [1.54, 1.807) is 12.1 Å². The van der Waals surface area contributed by atoms with E-state index in [0.717, 1.165) is 16.9 Å². The van der Waals surface area contributed by atoms with Crippen LogP contribution in [0.15, 0.2) is 47.1 Å². The molecule has 2 aromatic heterocycles. The minimum absolute atomic E-state index is 0.0233. The summed E-state index contributed by atoms with van der Waals surface area (Å²) in [5.74, 6) is 0.526. The third-order valence-corrected chi connectivity index (χ3v) is 5.29. The first-order valence-electron chi connectivity index (χ1n) is 10.1. The predicted octanol–water partition coefficient (Wildman–Crippen LogP) is 2.50. The average molecular weight is 421 g/mol. The second kappa shape index (κ2) is 8.95. The quantitative estimate of drug-likeness (QED) is 0.602. The molecule has 0 aliphatic carbocycles. The first-order valence-corrected chi connectivity index (χ1v) is 10.1. The van der Waals surface area contributed by atoms with Gasteiger partial charge in [0.15, 0.2) is 6.61 Å². The smallest absolute Gasteiger partial charge is 0.309 e. The summed E-state index contributed by atoms with van der Waals surface area (Å²) in [6, 6.07) is 11.2. The van der Waals surface area contributed by atoms with Crippen molar-refractivity contribution in [3.05, 3.63) is 59.5 Å². The molecule has 1 aliphatic rings. The Morgan fingerprint density at radius 2 is 1.90 bits per heavy atom. The summed E-state index contributed by atoms with van der Waals surface area (Å²) in [7, 11) is 0. The van der Waals surface area contributed by atoms with E-state index in [9.17, 15) is 9.59 Å². The standard InChI is InChI=1S/C22H23N5O4/c1-14-2-4-15(5-3-14)21-25-18(26-31-21)13-30-22(29)16-8-10-27(11-9-16)19-7-6-17(12-24-19)20(23)28/h2-7,12,16H,8-11,13H2,1H3,(H2,23,28). The van der Waals surface area contributed by atoms with Crippen molar-refractivity contribution >= 4 is 17.7 Å². The SMILES string of the molecule is Cc1ccc(-c2nc(COC(=O)C3CCN(c4ccc(C(N)=O)cn4)CC3)no2)cc1. The molecule has 31 heavy (non-hydrogen) atoms. The fourth-order valence-corrected chi connectivity index (χ4v) is 3.44. The van der Waals surface area contributed by atoms with E-state index in [-0.39, 0.29) is 18.5 Å². The van der Waals surface area contributed by atoms with Gasteiger partial charge in [0.05, 0.1) is 11.5 Å². The summed E-state index contributed by atoms with van der Waals surface area (Å²) in [5.41, 5.74) is 7.57. The van der Waals surface area contributed by atoms with Crippen LogP contribution < -0.4 is 10.6 Å². The van der Waals surface area contributed by atoms with Crippen molar-refractivity contribution in [3.63, 3.8) is 0 Å². The molecule has 2 N–H and O–H groups in total. The molecule has 0 unspecified atom stereocenters. The van der Waals surface area contributed by atoms with Gasteiger partial charge in [0.25, 0.3) is 5.89 Å². The van der Waals surface area contributed by atoms with Crippen LogP contribution in [0.5, 0.6) is 0 Å². The monoisotopic (exact) mass is 421 g/mol. The van der Waals surface area contributed by atoms with Crippen molar-refractivity contribution in [3.8, 4) is 11.5 Å². The number of hydrogen-bond donors (Lipinski definition) is 1. The molecule has 1 fully saturated rings. The molecule has 1 amide bonds. The van der Waals surface area contributed by atoms with Crippen molar-refractivity contribution in [2.24, 2.45) is 11.7 Å². The normalized spacial score (nSPS) is 14.4. The lowest BCUT2D eigenvalue weighted by Gasteiger charge is -2.31. The number of piperidine rings is 1. The Morgan fingerprint density at radius 1 is 1.16 bits per heavy atom. The average Bonchev–Trinajstić information content (AvgIpc) is 3.27. The van der Waals surface area contributed by atoms with Crippen LogP contribution in [-0.4, -0.2) is 40.1 Å². The number of ether oxygens (including phenoxy) is 1. The molecule has 1 aromatic carbocycles. The van der Waals surface area contributed by atoms with E-state index in [2.05, 4.69) is 20.0 Å². The number of rotatable bonds is 6. The highest BCUT2D eigenvalue weighted by Crippen LogP contribution is 2.23. The Labute approximate surface area is 179 Å². The molecule has 0 saturated carbocycles. The third-order valence-electron chi connectivity index (χ3n) is 5.29. The van der Waals surface area contributed by atoms with Gasteiger partial charge in [-0.2, -0.15) is 4.98 Å². The summed E-state index contributed by atoms with van der Waals surface area (Å²) in [6.07, 6.45) is 2.77. The van der Waals surface area contributed by atoms with Gasteiger partial charge in [0, 0.05) is 24.8 Å². The van der Waals surface area contributed by atoms with Crippen LogP contribution in [0, 0.1) is 12.8 Å². The summed E-state index contributed by atoms with van der Waals surface area (Å²) in [6.45, 7) is 3.32. The number of esters is 1. The number of pyridine rings is 1. The van der Waals surface area contributed by atoms with E-state index in [1.165, 1.54) is 6.20 Å². The molecular weight excluding hydrogens is 398 g/mol. The van der Waals surface area contributed by atoms with Crippen LogP contribution in [-0.2, 0) is 16.1 Å². The lowest BCUT2D eigenvalue weighted by atomic mass is 9.97. The Bertz CT molecular complexity index is 1050.